The van der Waals surface area contributed by atoms with Crippen molar-refractivity contribution in [3.8, 4) is 0 Å². The lowest BCUT2D eigenvalue weighted by molar-refractivity contribution is 0.714. The van der Waals surface area contributed by atoms with Gasteiger partial charge in [0.1, 0.15) is 0 Å². The fourth-order valence-electron chi connectivity index (χ4n) is 2.79. The van der Waals surface area contributed by atoms with Crippen molar-refractivity contribution in [1.82, 2.24) is 9.88 Å². The highest BCUT2D eigenvalue weighted by atomic mass is 14.9. The van der Waals surface area contributed by atoms with Crippen LogP contribution in [0.4, 0.5) is 0 Å². The molecule has 2 aromatic rings. The second-order valence-electron chi connectivity index (χ2n) is 4.89. The number of fused-ring (bicyclic) bond motifs is 1. The number of nitrogens with zero attached hydrogens (tertiary/aromatic N) is 1. The molecule has 0 unspecified atom stereocenters. The Kier molecular flexibility index (Phi) is 4.07. The average molecular weight is 244 g/mol. The Morgan fingerprint density at radius 3 is 2.67 bits per heavy atom. The van der Waals surface area contributed by atoms with Crippen molar-refractivity contribution < 1.29 is 0 Å². The molecule has 0 aliphatic rings. The molecule has 98 valence electrons. The zero-order valence-corrected chi connectivity index (χ0v) is 12.0. The maximum atomic E-state index is 3.42. The molecule has 1 heterocycles. The predicted octanol–water partition coefficient (Wildman–Crippen LogP) is 3.20. The van der Waals surface area contributed by atoms with Crippen molar-refractivity contribution in [3.05, 3.63) is 35.0 Å². The third kappa shape index (κ3) is 2.17. The third-order valence-corrected chi connectivity index (χ3v) is 3.90. The number of nitrogens with one attached hydrogen (secondary N) is 1. The number of rotatable bonds is 5. The Bertz CT molecular complexity index is 538. The van der Waals surface area contributed by atoms with E-state index in [4.69, 9.17) is 0 Å². The van der Waals surface area contributed by atoms with Crippen LogP contribution in [-0.2, 0) is 19.9 Å². The molecule has 0 amide bonds. The van der Waals surface area contributed by atoms with E-state index in [-0.39, 0.29) is 0 Å². The number of hydrogen-bond donors (Lipinski definition) is 1. The molecule has 0 aliphatic carbocycles. The monoisotopic (exact) mass is 244 g/mol. The molecule has 2 heteroatoms. The van der Waals surface area contributed by atoms with Crippen molar-refractivity contribution in [3.63, 3.8) is 0 Å². The van der Waals surface area contributed by atoms with E-state index in [0.29, 0.717) is 0 Å². The van der Waals surface area contributed by atoms with Gasteiger partial charge in [0.2, 0.25) is 0 Å². The SMILES string of the molecule is CCNCCc1c(C)n(C)c2c(CC)cccc12. The Morgan fingerprint density at radius 2 is 2.00 bits per heavy atom. The molecule has 0 fully saturated rings. The molecule has 2 rings (SSSR count). The van der Waals surface area contributed by atoms with E-state index in [1.165, 1.54) is 27.7 Å². The fraction of sp³-hybridized carbons (Fsp3) is 0.500. The zero-order valence-electron chi connectivity index (χ0n) is 12.0. The highest BCUT2D eigenvalue weighted by Gasteiger charge is 2.13. The zero-order chi connectivity index (χ0) is 13.1. The smallest absolute Gasteiger partial charge is 0.0515 e. The maximum absolute atomic E-state index is 3.42. The number of hydrogen-bond acceptors (Lipinski definition) is 1. The van der Waals surface area contributed by atoms with E-state index in [1.807, 2.05) is 0 Å². The summed E-state index contributed by atoms with van der Waals surface area (Å²) in [6, 6.07) is 6.70. The largest absolute Gasteiger partial charge is 0.347 e. The molecule has 0 atom stereocenters. The molecule has 0 spiro atoms. The van der Waals surface area contributed by atoms with Crippen LogP contribution < -0.4 is 5.32 Å². The summed E-state index contributed by atoms with van der Waals surface area (Å²) in [6.07, 6.45) is 2.21. The fourth-order valence-corrected chi connectivity index (χ4v) is 2.79. The van der Waals surface area contributed by atoms with E-state index in [0.717, 1.165) is 25.9 Å². The lowest BCUT2D eigenvalue weighted by Gasteiger charge is -2.03. The Labute approximate surface area is 110 Å². The summed E-state index contributed by atoms with van der Waals surface area (Å²) in [5, 5.41) is 4.85. The van der Waals surface area contributed by atoms with Gasteiger partial charge in [-0.25, -0.2) is 0 Å². The molecule has 1 aromatic carbocycles. The van der Waals surface area contributed by atoms with Crippen molar-refractivity contribution in [2.24, 2.45) is 7.05 Å². The van der Waals surface area contributed by atoms with Crippen LogP contribution in [0, 0.1) is 6.92 Å². The van der Waals surface area contributed by atoms with E-state index >= 15 is 0 Å². The van der Waals surface area contributed by atoms with Gasteiger partial charge in [-0.3, -0.25) is 0 Å². The summed E-state index contributed by atoms with van der Waals surface area (Å²) in [4.78, 5) is 0. The van der Waals surface area contributed by atoms with Gasteiger partial charge in [0.15, 0.2) is 0 Å². The van der Waals surface area contributed by atoms with Crippen molar-refractivity contribution in [2.45, 2.75) is 33.6 Å². The first-order valence-electron chi connectivity index (χ1n) is 6.97. The van der Waals surface area contributed by atoms with Gasteiger partial charge in [-0.05, 0) is 44.0 Å². The van der Waals surface area contributed by atoms with E-state index < -0.39 is 0 Å². The topological polar surface area (TPSA) is 17.0 Å². The van der Waals surface area contributed by atoms with Crippen molar-refractivity contribution in [1.29, 1.82) is 0 Å². The highest BCUT2D eigenvalue weighted by Crippen LogP contribution is 2.28. The first-order chi connectivity index (χ1) is 8.70. The molecule has 1 aromatic heterocycles. The normalized spacial score (nSPS) is 11.3. The Balaban J connectivity index is 2.50. The van der Waals surface area contributed by atoms with E-state index in [9.17, 15) is 0 Å². The molecule has 1 N–H and O–H groups in total. The molecule has 0 aliphatic heterocycles. The summed E-state index contributed by atoms with van der Waals surface area (Å²) < 4.78 is 2.36. The van der Waals surface area contributed by atoms with Gasteiger partial charge in [-0.1, -0.05) is 32.0 Å². The van der Waals surface area contributed by atoms with Crippen molar-refractivity contribution in [2.75, 3.05) is 13.1 Å². The van der Waals surface area contributed by atoms with E-state index in [2.05, 4.69) is 55.9 Å². The minimum absolute atomic E-state index is 1.05. The van der Waals surface area contributed by atoms with Crippen LogP contribution in [0.3, 0.4) is 0 Å². The molecule has 18 heavy (non-hydrogen) atoms. The van der Waals surface area contributed by atoms with Crippen LogP contribution in [-0.4, -0.2) is 17.7 Å². The maximum Gasteiger partial charge on any atom is 0.0515 e. The standard InChI is InChI=1S/C16H24N2/c1-5-13-8-7-9-15-14(10-11-17-6-2)12(3)18(4)16(13)15/h7-9,17H,5-6,10-11H2,1-4H3. The van der Waals surface area contributed by atoms with Crippen LogP contribution in [0.1, 0.15) is 30.7 Å². The molecule has 0 saturated carbocycles. The third-order valence-electron chi connectivity index (χ3n) is 3.90. The number of benzene rings is 1. The van der Waals surface area contributed by atoms with Crippen LogP contribution in [0.2, 0.25) is 0 Å². The first-order valence-corrected chi connectivity index (χ1v) is 6.97. The van der Waals surface area contributed by atoms with Gasteiger partial charge >= 0.3 is 0 Å². The summed E-state index contributed by atoms with van der Waals surface area (Å²) in [5.41, 5.74) is 5.78. The number of likely N-dealkylation sites (N-methyl/N-ethyl adjacent to an activating group) is 1. The first kappa shape index (κ1) is 13.2. The van der Waals surface area contributed by atoms with Gasteiger partial charge in [0, 0.05) is 18.1 Å². The Morgan fingerprint density at radius 1 is 1.22 bits per heavy atom. The van der Waals surface area contributed by atoms with Crippen LogP contribution in [0.15, 0.2) is 18.2 Å². The summed E-state index contributed by atoms with van der Waals surface area (Å²) >= 11 is 0. The average Bonchev–Trinajstić information content (AvgIpc) is 2.64. The van der Waals surface area contributed by atoms with Gasteiger partial charge < -0.3 is 9.88 Å². The molecule has 0 radical (unpaired) electrons. The minimum atomic E-state index is 1.05. The van der Waals surface area contributed by atoms with Crippen LogP contribution in [0.25, 0.3) is 10.9 Å². The highest BCUT2D eigenvalue weighted by molar-refractivity contribution is 5.88. The van der Waals surface area contributed by atoms with Crippen LogP contribution in [0.5, 0.6) is 0 Å². The molecule has 0 bridgehead atoms. The summed E-state index contributed by atoms with van der Waals surface area (Å²) in [5.74, 6) is 0. The van der Waals surface area contributed by atoms with E-state index in [1.54, 1.807) is 0 Å². The summed E-state index contributed by atoms with van der Waals surface area (Å²) in [7, 11) is 2.19. The van der Waals surface area contributed by atoms with Gasteiger partial charge in [0.25, 0.3) is 0 Å². The number of aromatic nitrogens is 1. The quantitative estimate of drug-likeness (QED) is 0.799. The molecular weight excluding hydrogens is 220 g/mol. The molecular formula is C16H24N2. The molecule has 2 nitrogen and oxygen atoms in total. The van der Waals surface area contributed by atoms with Gasteiger partial charge in [-0.15, -0.1) is 0 Å². The summed E-state index contributed by atoms with van der Waals surface area (Å²) in [6.45, 7) is 8.73. The number of para-hydroxylation sites is 1. The second-order valence-corrected chi connectivity index (χ2v) is 4.89. The molecule has 0 saturated heterocycles. The van der Waals surface area contributed by atoms with Crippen molar-refractivity contribution >= 4 is 10.9 Å². The minimum Gasteiger partial charge on any atom is -0.347 e. The predicted molar refractivity (Wildman–Crippen MR) is 79.3 cm³/mol. The van der Waals surface area contributed by atoms with Gasteiger partial charge in [-0.2, -0.15) is 0 Å². The lowest BCUT2D eigenvalue weighted by atomic mass is 10.0. The van der Waals surface area contributed by atoms with Gasteiger partial charge in [0.05, 0.1) is 5.52 Å². The Hall–Kier alpha value is -1.28. The lowest BCUT2D eigenvalue weighted by Crippen LogP contribution is -2.16. The number of aryl methyl sites for hydroxylation is 2. The van der Waals surface area contributed by atoms with Crippen LogP contribution >= 0.6 is 0 Å². The second kappa shape index (κ2) is 5.57.